The smallest absolute Gasteiger partial charge is 0.254 e. The number of benzene rings is 1. The van der Waals surface area contributed by atoms with Gasteiger partial charge in [-0.05, 0) is 48.4 Å². The highest BCUT2D eigenvalue weighted by Gasteiger charge is 2.48. The van der Waals surface area contributed by atoms with E-state index in [0.29, 0.717) is 30.6 Å². The van der Waals surface area contributed by atoms with Gasteiger partial charge in [0, 0.05) is 37.5 Å². The number of pyridine rings is 1. The zero-order chi connectivity index (χ0) is 18.1. The molecule has 4 rings (SSSR count). The Kier molecular flexibility index (Phi) is 4.13. The third-order valence-electron chi connectivity index (χ3n) is 5.24. The number of rotatable bonds is 3. The lowest BCUT2D eigenvalue weighted by Crippen LogP contribution is -2.39. The van der Waals surface area contributed by atoms with Crippen LogP contribution >= 0.6 is 0 Å². The van der Waals surface area contributed by atoms with Crippen molar-refractivity contribution in [2.45, 2.75) is 31.5 Å². The van der Waals surface area contributed by atoms with Gasteiger partial charge in [0.2, 0.25) is 5.91 Å². The average Bonchev–Trinajstić information content (AvgIpc) is 3.22. The van der Waals surface area contributed by atoms with Gasteiger partial charge in [-0.2, -0.15) is 5.26 Å². The quantitative estimate of drug-likeness (QED) is 0.851. The van der Waals surface area contributed by atoms with Crippen molar-refractivity contribution in [1.29, 1.82) is 5.26 Å². The second kappa shape index (κ2) is 6.60. The molecule has 130 valence electrons. The first-order valence-corrected chi connectivity index (χ1v) is 8.67. The van der Waals surface area contributed by atoms with Crippen LogP contribution in [0.2, 0.25) is 0 Å². The van der Waals surface area contributed by atoms with Crippen molar-refractivity contribution in [2.24, 2.45) is 0 Å². The molecule has 2 amide bonds. The van der Waals surface area contributed by atoms with Gasteiger partial charge in [0.1, 0.15) is 0 Å². The lowest BCUT2D eigenvalue weighted by molar-refractivity contribution is -0.129. The second-order valence-electron chi connectivity index (χ2n) is 6.69. The van der Waals surface area contributed by atoms with Crippen LogP contribution < -0.4 is 0 Å². The summed E-state index contributed by atoms with van der Waals surface area (Å²) in [7, 11) is 0. The van der Waals surface area contributed by atoms with Gasteiger partial charge >= 0.3 is 0 Å². The molecule has 1 aromatic heterocycles. The molecule has 0 saturated carbocycles. The third kappa shape index (κ3) is 2.82. The molecule has 6 heteroatoms. The third-order valence-corrected chi connectivity index (χ3v) is 5.24. The van der Waals surface area contributed by atoms with E-state index in [1.54, 1.807) is 36.7 Å². The summed E-state index contributed by atoms with van der Waals surface area (Å²) >= 11 is 0. The number of amides is 2. The van der Waals surface area contributed by atoms with Crippen molar-refractivity contribution in [3.05, 3.63) is 65.5 Å². The number of nitrogens with zero attached hydrogens (tertiary/aromatic N) is 4. The van der Waals surface area contributed by atoms with Crippen LogP contribution in [0.1, 0.15) is 34.3 Å². The Morgan fingerprint density at radius 2 is 1.88 bits per heavy atom. The van der Waals surface area contributed by atoms with Crippen LogP contribution in [-0.4, -0.2) is 45.2 Å². The van der Waals surface area contributed by atoms with Crippen LogP contribution in [0, 0.1) is 11.3 Å². The highest BCUT2D eigenvalue weighted by Crippen LogP contribution is 2.34. The summed E-state index contributed by atoms with van der Waals surface area (Å²) in [6.07, 6.45) is 4.62. The summed E-state index contributed by atoms with van der Waals surface area (Å²) in [6, 6.07) is 12.5. The maximum absolute atomic E-state index is 12.9. The zero-order valence-electron chi connectivity index (χ0n) is 14.2. The van der Waals surface area contributed by atoms with E-state index in [4.69, 9.17) is 5.26 Å². The van der Waals surface area contributed by atoms with Gasteiger partial charge in [0.05, 0.1) is 23.7 Å². The summed E-state index contributed by atoms with van der Waals surface area (Å²) in [5.74, 6) is 0.0229. The monoisotopic (exact) mass is 346 g/mol. The molecule has 0 spiro atoms. The van der Waals surface area contributed by atoms with Crippen LogP contribution in [0.15, 0.2) is 48.8 Å². The number of aromatic nitrogens is 1. The van der Waals surface area contributed by atoms with E-state index in [1.807, 2.05) is 21.9 Å². The van der Waals surface area contributed by atoms with Crippen molar-refractivity contribution in [3.63, 3.8) is 0 Å². The number of carbonyl (C=O) groups is 2. The van der Waals surface area contributed by atoms with Gasteiger partial charge in [-0.1, -0.05) is 0 Å². The highest BCUT2D eigenvalue weighted by molar-refractivity contribution is 5.95. The Hall–Kier alpha value is -3.20. The van der Waals surface area contributed by atoms with Gasteiger partial charge in [-0.3, -0.25) is 14.6 Å². The van der Waals surface area contributed by atoms with E-state index in [0.717, 1.165) is 12.0 Å². The molecule has 0 radical (unpaired) electrons. The fraction of sp³-hybridized carbons (Fsp3) is 0.300. The van der Waals surface area contributed by atoms with E-state index in [-0.39, 0.29) is 23.9 Å². The van der Waals surface area contributed by atoms with Crippen molar-refractivity contribution in [1.82, 2.24) is 14.8 Å². The van der Waals surface area contributed by atoms with Gasteiger partial charge in [-0.25, -0.2) is 0 Å². The van der Waals surface area contributed by atoms with Crippen LogP contribution in [0.25, 0.3) is 0 Å². The Balaban J connectivity index is 1.51. The lowest BCUT2D eigenvalue weighted by Gasteiger charge is -2.25. The molecule has 0 N–H and O–H groups in total. The standard InChI is InChI=1S/C20H18N4O2/c21-12-14-1-3-16(4-2-14)20(26)23-10-7-17-18(23)11-19(25)24(17)13-15-5-8-22-9-6-15/h1-6,8-9,17-18H,7,10-11,13H2/t17-,18+/m1/s1. The van der Waals surface area contributed by atoms with Crippen LogP contribution in [0.5, 0.6) is 0 Å². The van der Waals surface area contributed by atoms with Crippen molar-refractivity contribution in [2.75, 3.05) is 6.54 Å². The van der Waals surface area contributed by atoms with E-state index in [9.17, 15) is 9.59 Å². The molecule has 1 aromatic carbocycles. The first kappa shape index (κ1) is 16.3. The molecule has 2 saturated heterocycles. The summed E-state index contributed by atoms with van der Waals surface area (Å²) in [4.78, 5) is 33.1. The molecular weight excluding hydrogens is 328 g/mol. The number of fused-ring (bicyclic) bond motifs is 1. The molecule has 0 aliphatic carbocycles. The van der Waals surface area contributed by atoms with Gasteiger partial charge in [0.25, 0.3) is 5.91 Å². The molecule has 2 aliphatic rings. The minimum atomic E-state index is -0.0764. The summed E-state index contributed by atoms with van der Waals surface area (Å²) in [6.45, 7) is 1.20. The molecule has 2 aliphatic heterocycles. The second-order valence-corrected chi connectivity index (χ2v) is 6.69. The number of nitriles is 1. The number of hydrogen-bond donors (Lipinski definition) is 0. The molecule has 3 heterocycles. The van der Waals surface area contributed by atoms with Crippen molar-refractivity contribution >= 4 is 11.8 Å². The summed E-state index contributed by atoms with van der Waals surface area (Å²) in [5, 5.41) is 8.89. The fourth-order valence-corrected chi connectivity index (χ4v) is 3.92. The molecule has 2 aromatic rings. The SMILES string of the molecule is N#Cc1ccc(C(=O)N2CC[C@@H]3[C@@H]2CC(=O)N3Cc2ccncc2)cc1. The lowest BCUT2D eigenvalue weighted by atomic mass is 10.1. The highest BCUT2D eigenvalue weighted by atomic mass is 16.2. The normalized spacial score (nSPS) is 21.6. The summed E-state index contributed by atoms with van der Waals surface area (Å²) in [5.41, 5.74) is 2.14. The van der Waals surface area contributed by atoms with Crippen LogP contribution in [-0.2, 0) is 11.3 Å². The fourth-order valence-electron chi connectivity index (χ4n) is 3.92. The van der Waals surface area contributed by atoms with Gasteiger partial charge < -0.3 is 9.80 Å². The number of carbonyl (C=O) groups excluding carboxylic acids is 2. The maximum atomic E-state index is 12.9. The molecular formula is C20H18N4O2. The van der Waals surface area contributed by atoms with Crippen molar-refractivity contribution in [3.8, 4) is 6.07 Å². The molecule has 0 bridgehead atoms. The van der Waals surface area contributed by atoms with E-state index in [1.165, 1.54) is 0 Å². The number of hydrogen-bond acceptors (Lipinski definition) is 4. The van der Waals surface area contributed by atoms with E-state index in [2.05, 4.69) is 11.1 Å². The summed E-state index contributed by atoms with van der Waals surface area (Å²) < 4.78 is 0. The first-order valence-electron chi connectivity index (χ1n) is 8.67. The molecule has 26 heavy (non-hydrogen) atoms. The molecule has 2 fully saturated rings. The van der Waals surface area contributed by atoms with Crippen molar-refractivity contribution < 1.29 is 9.59 Å². The largest absolute Gasteiger partial charge is 0.333 e. The first-order chi connectivity index (χ1) is 12.7. The average molecular weight is 346 g/mol. The Bertz CT molecular complexity index is 873. The molecule has 6 nitrogen and oxygen atoms in total. The minimum absolute atomic E-state index is 0.0676. The van der Waals surface area contributed by atoms with E-state index < -0.39 is 0 Å². The Morgan fingerprint density at radius 1 is 1.15 bits per heavy atom. The molecule has 2 atom stereocenters. The minimum Gasteiger partial charge on any atom is -0.333 e. The predicted octanol–water partition coefficient (Wildman–Crippen LogP) is 1.97. The Labute approximate surface area is 151 Å². The Morgan fingerprint density at radius 3 is 2.58 bits per heavy atom. The topological polar surface area (TPSA) is 77.3 Å². The zero-order valence-corrected chi connectivity index (χ0v) is 14.2. The maximum Gasteiger partial charge on any atom is 0.254 e. The van der Waals surface area contributed by atoms with Crippen LogP contribution in [0.4, 0.5) is 0 Å². The van der Waals surface area contributed by atoms with Crippen LogP contribution in [0.3, 0.4) is 0 Å². The predicted molar refractivity (Wildman–Crippen MR) is 93.8 cm³/mol. The van der Waals surface area contributed by atoms with Gasteiger partial charge in [0.15, 0.2) is 0 Å². The number of likely N-dealkylation sites (tertiary alicyclic amines) is 2. The molecule has 0 unspecified atom stereocenters. The van der Waals surface area contributed by atoms with Gasteiger partial charge in [-0.15, -0.1) is 0 Å². The van der Waals surface area contributed by atoms with E-state index >= 15 is 0 Å².